The first kappa shape index (κ1) is 11.1. The van der Waals surface area contributed by atoms with E-state index in [1.807, 2.05) is 4.98 Å². The van der Waals surface area contributed by atoms with E-state index >= 15 is 0 Å². The summed E-state index contributed by atoms with van der Waals surface area (Å²) in [6.45, 7) is 0.0769. The van der Waals surface area contributed by atoms with E-state index in [1.165, 1.54) is 4.90 Å². The average molecular weight is 238 g/mol. The Morgan fingerprint density at radius 2 is 2.06 bits per heavy atom. The molecule has 1 aromatic heterocycles. The van der Waals surface area contributed by atoms with E-state index in [-0.39, 0.29) is 24.7 Å². The second kappa shape index (κ2) is 3.89. The molecule has 1 atom stereocenters. The molecule has 4 N–H and O–H groups in total. The standard InChI is InChI=1S/C9H10N4O4/c10-8(16)4-1-7(15)13(3-4)5-2-6(14)12-9(17)11-5/h2,4H,1,3H2,(H2,10,16)(H2,11,12,14,17). The van der Waals surface area contributed by atoms with Gasteiger partial charge in [-0.15, -0.1) is 0 Å². The van der Waals surface area contributed by atoms with Gasteiger partial charge in [0.15, 0.2) is 0 Å². The summed E-state index contributed by atoms with van der Waals surface area (Å²) in [7, 11) is 0. The highest BCUT2D eigenvalue weighted by Gasteiger charge is 2.34. The fourth-order valence-corrected chi connectivity index (χ4v) is 1.73. The molecule has 8 nitrogen and oxygen atoms in total. The molecule has 1 saturated heterocycles. The van der Waals surface area contributed by atoms with Crippen molar-refractivity contribution in [1.29, 1.82) is 0 Å². The lowest BCUT2D eigenvalue weighted by Crippen LogP contribution is -2.32. The Labute approximate surface area is 94.4 Å². The summed E-state index contributed by atoms with van der Waals surface area (Å²) in [5.74, 6) is -1.44. The predicted molar refractivity (Wildman–Crippen MR) is 57.3 cm³/mol. The minimum atomic E-state index is -0.706. The third-order valence-electron chi connectivity index (χ3n) is 2.56. The highest BCUT2D eigenvalue weighted by Crippen LogP contribution is 2.21. The van der Waals surface area contributed by atoms with Gasteiger partial charge in [-0.2, -0.15) is 0 Å². The first-order valence-corrected chi connectivity index (χ1v) is 4.90. The van der Waals surface area contributed by atoms with Crippen LogP contribution in [0.5, 0.6) is 0 Å². The van der Waals surface area contributed by atoms with Crippen LogP contribution in [-0.2, 0) is 9.59 Å². The van der Waals surface area contributed by atoms with Gasteiger partial charge in [-0.05, 0) is 0 Å². The van der Waals surface area contributed by atoms with Crippen molar-refractivity contribution in [1.82, 2.24) is 9.97 Å². The molecule has 0 aromatic carbocycles. The topological polar surface area (TPSA) is 129 Å². The second-order valence-electron chi connectivity index (χ2n) is 3.78. The number of amides is 2. The van der Waals surface area contributed by atoms with E-state index < -0.39 is 23.1 Å². The zero-order chi connectivity index (χ0) is 12.6. The van der Waals surface area contributed by atoms with Gasteiger partial charge in [0.2, 0.25) is 11.8 Å². The molecule has 0 radical (unpaired) electrons. The van der Waals surface area contributed by atoms with Crippen LogP contribution in [0, 0.1) is 5.92 Å². The zero-order valence-electron chi connectivity index (χ0n) is 8.73. The fraction of sp³-hybridized carbons (Fsp3) is 0.333. The minimum Gasteiger partial charge on any atom is -0.369 e. The van der Waals surface area contributed by atoms with Crippen molar-refractivity contribution >= 4 is 17.6 Å². The number of anilines is 1. The van der Waals surface area contributed by atoms with Gasteiger partial charge in [0, 0.05) is 19.0 Å². The fourth-order valence-electron chi connectivity index (χ4n) is 1.73. The van der Waals surface area contributed by atoms with Crippen LogP contribution in [0.15, 0.2) is 15.7 Å². The summed E-state index contributed by atoms with van der Waals surface area (Å²) < 4.78 is 0. The van der Waals surface area contributed by atoms with Gasteiger partial charge in [-0.25, -0.2) is 4.79 Å². The largest absolute Gasteiger partial charge is 0.369 e. The molecular weight excluding hydrogens is 228 g/mol. The van der Waals surface area contributed by atoms with Crippen molar-refractivity contribution in [2.24, 2.45) is 11.7 Å². The van der Waals surface area contributed by atoms with Gasteiger partial charge < -0.3 is 5.73 Å². The summed E-state index contributed by atoms with van der Waals surface area (Å²) in [6, 6.07) is 1.09. The van der Waals surface area contributed by atoms with Crippen LogP contribution in [0.25, 0.3) is 0 Å². The van der Waals surface area contributed by atoms with Crippen molar-refractivity contribution in [3.8, 4) is 0 Å². The van der Waals surface area contributed by atoms with E-state index in [9.17, 15) is 19.2 Å². The normalized spacial score (nSPS) is 19.6. The minimum absolute atomic E-state index is 0.00976. The number of nitrogens with two attached hydrogens (primary N) is 1. The number of aromatic nitrogens is 2. The molecule has 1 aromatic rings. The third kappa shape index (κ3) is 2.10. The summed E-state index contributed by atoms with van der Waals surface area (Å²) >= 11 is 0. The van der Waals surface area contributed by atoms with Crippen molar-refractivity contribution < 1.29 is 9.59 Å². The van der Waals surface area contributed by atoms with Crippen molar-refractivity contribution in [2.45, 2.75) is 6.42 Å². The molecule has 0 aliphatic carbocycles. The Morgan fingerprint density at radius 3 is 2.59 bits per heavy atom. The molecule has 8 heteroatoms. The molecule has 2 amide bonds. The maximum absolute atomic E-state index is 11.6. The van der Waals surface area contributed by atoms with Crippen LogP contribution in [0.1, 0.15) is 6.42 Å². The summed E-state index contributed by atoms with van der Waals surface area (Å²) in [6.07, 6.45) is -0.00976. The first-order chi connectivity index (χ1) is 7.97. The van der Waals surface area contributed by atoms with Gasteiger partial charge in [-0.3, -0.25) is 29.3 Å². The quantitative estimate of drug-likeness (QED) is 0.545. The van der Waals surface area contributed by atoms with Crippen molar-refractivity contribution in [2.75, 3.05) is 11.4 Å². The van der Waals surface area contributed by atoms with Gasteiger partial charge in [-0.1, -0.05) is 0 Å². The molecule has 0 saturated carbocycles. The first-order valence-electron chi connectivity index (χ1n) is 4.90. The summed E-state index contributed by atoms with van der Waals surface area (Å²) in [4.78, 5) is 50.2. The predicted octanol–water partition coefficient (Wildman–Crippen LogP) is -2.10. The highest BCUT2D eigenvalue weighted by molar-refractivity contribution is 5.99. The van der Waals surface area contributed by atoms with Gasteiger partial charge >= 0.3 is 5.69 Å². The van der Waals surface area contributed by atoms with E-state index in [4.69, 9.17) is 5.73 Å². The molecular formula is C9H10N4O4. The molecule has 17 heavy (non-hydrogen) atoms. The number of carbonyl (C=O) groups is 2. The molecule has 1 aliphatic rings. The molecule has 2 rings (SSSR count). The Kier molecular flexibility index (Phi) is 2.54. The Bertz CT molecular complexity index is 559. The van der Waals surface area contributed by atoms with E-state index in [0.717, 1.165) is 6.07 Å². The maximum Gasteiger partial charge on any atom is 0.327 e. The Hall–Kier alpha value is -2.38. The molecule has 90 valence electrons. The van der Waals surface area contributed by atoms with Crippen LogP contribution < -0.4 is 21.9 Å². The Balaban J connectivity index is 2.35. The SMILES string of the molecule is NC(=O)C1CC(=O)N(c2cc(=O)[nH]c(=O)[nH]2)C1. The number of rotatable bonds is 2. The molecule has 2 heterocycles. The number of hydrogen-bond acceptors (Lipinski definition) is 4. The van der Waals surface area contributed by atoms with E-state index in [0.29, 0.717) is 0 Å². The maximum atomic E-state index is 11.6. The van der Waals surface area contributed by atoms with E-state index in [2.05, 4.69) is 4.98 Å². The molecule has 1 aliphatic heterocycles. The van der Waals surface area contributed by atoms with Gasteiger partial charge in [0.25, 0.3) is 5.56 Å². The van der Waals surface area contributed by atoms with Crippen LogP contribution in [0.4, 0.5) is 5.82 Å². The zero-order valence-corrected chi connectivity index (χ0v) is 8.73. The van der Waals surface area contributed by atoms with Crippen LogP contribution in [-0.4, -0.2) is 28.3 Å². The monoisotopic (exact) mass is 238 g/mol. The number of nitrogens with zero attached hydrogens (tertiary/aromatic N) is 1. The number of hydrogen-bond donors (Lipinski definition) is 3. The lowest BCUT2D eigenvalue weighted by atomic mass is 10.1. The Morgan fingerprint density at radius 1 is 1.35 bits per heavy atom. The molecule has 0 spiro atoms. The van der Waals surface area contributed by atoms with Crippen molar-refractivity contribution in [3.05, 3.63) is 26.9 Å². The van der Waals surface area contributed by atoms with Crippen LogP contribution in [0.3, 0.4) is 0 Å². The highest BCUT2D eigenvalue weighted by atomic mass is 16.2. The molecule has 1 unspecified atom stereocenters. The number of nitrogens with one attached hydrogen (secondary N) is 2. The lowest BCUT2D eigenvalue weighted by molar-refractivity contribution is -0.123. The number of aromatic amines is 2. The molecule has 1 fully saturated rings. The van der Waals surface area contributed by atoms with Gasteiger partial charge in [0.1, 0.15) is 5.82 Å². The van der Waals surface area contributed by atoms with Gasteiger partial charge in [0.05, 0.1) is 5.92 Å². The third-order valence-corrected chi connectivity index (χ3v) is 2.56. The number of H-pyrrole nitrogens is 2. The lowest BCUT2D eigenvalue weighted by Gasteiger charge is -2.14. The average Bonchev–Trinajstić information content (AvgIpc) is 2.59. The summed E-state index contributed by atoms with van der Waals surface area (Å²) in [5, 5.41) is 0. The van der Waals surface area contributed by atoms with Crippen LogP contribution in [0.2, 0.25) is 0 Å². The molecule has 0 bridgehead atoms. The number of carbonyl (C=O) groups excluding carboxylic acids is 2. The second-order valence-corrected chi connectivity index (χ2v) is 3.78. The van der Waals surface area contributed by atoms with E-state index in [1.54, 1.807) is 0 Å². The smallest absolute Gasteiger partial charge is 0.327 e. The van der Waals surface area contributed by atoms with Crippen LogP contribution >= 0.6 is 0 Å². The summed E-state index contributed by atoms with van der Waals surface area (Å²) in [5.41, 5.74) is 3.78. The number of primary amides is 1. The van der Waals surface area contributed by atoms with Crippen molar-refractivity contribution in [3.63, 3.8) is 0 Å².